The molecule has 1 rings (SSSR count). The predicted molar refractivity (Wildman–Crippen MR) is 58.9 cm³/mol. The third kappa shape index (κ3) is 3.42. The van der Waals surface area contributed by atoms with E-state index in [-0.39, 0.29) is 11.3 Å². The van der Waals surface area contributed by atoms with E-state index in [2.05, 4.69) is 5.32 Å². The minimum Gasteiger partial charge on any atom is -0.497 e. The van der Waals surface area contributed by atoms with Crippen molar-refractivity contribution in [1.29, 1.82) is 0 Å². The van der Waals surface area contributed by atoms with E-state index in [0.29, 0.717) is 0 Å². The molecular weight excluding hydrogens is 245 g/mol. The summed E-state index contributed by atoms with van der Waals surface area (Å²) >= 11 is 0. The molecule has 3 N–H and O–H groups in total. The van der Waals surface area contributed by atoms with E-state index in [1.165, 1.54) is 19.2 Å². The highest BCUT2D eigenvalue weighted by Crippen LogP contribution is 2.15. The van der Waals surface area contributed by atoms with Gasteiger partial charge in [-0.1, -0.05) is 0 Å². The summed E-state index contributed by atoms with van der Waals surface area (Å²) in [5.41, 5.74) is -0.256. The number of benzene rings is 1. The molecule has 0 saturated carbocycles. The Morgan fingerprint density at radius 3 is 2.67 bits per heavy atom. The van der Waals surface area contributed by atoms with Gasteiger partial charge in [-0.15, -0.1) is 0 Å². The van der Waals surface area contributed by atoms with Crippen LogP contribution < -0.4 is 10.1 Å². The van der Waals surface area contributed by atoms with Crippen LogP contribution in [0.2, 0.25) is 0 Å². The highest BCUT2D eigenvalue weighted by atomic mass is 19.1. The molecule has 1 unspecified atom stereocenters. The summed E-state index contributed by atoms with van der Waals surface area (Å²) in [6.45, 7) is -0.500. The van der Waals surface area contributed by atoms with E-state index < -0.39 is 30.3 Å². The van der Waals surface area contributed by atoms with E-state index in [0.717, 1.165) is 6.07 Å². The van der Waals surface area contributed by atoms with Gasteiger partial charge in [0.15, 0.2) is 6.10 Å². The first kappa shape index (κ1) is 13.9. The molecule has 1 aromatic rings. The number of hydrogen-bond donors (Lipinski definition) is 3. The lowest BCUT2D eigenvalue weighted by Crippen LogP contribution is -2.36. The molecule has 1 aromatic carbocycles. The zero-order valence-corrected chi connectivity index (χ0v) is 9.51. The molecule has 0 aliphatic carbocycles. The summed E-state index contributed by atoms with van der Waals surface area (Å²) in [4.78, 5) is 21.8. The first-order chi connectivity index (χ1) is 8.45. The summed E-state index contributed by atoms with van der Waals surface area (Å²) in [5.74, 6) is -2.81. The van der Waals surface area contributed by atoms with Gasteiger partial charge < -0.3 is 20.3 Å². The molecule has 98 valence electrons. The molecule has 1 amide bonds. The predicted octanol–water partition coefficient (Wildman–Crippen LogP) is 0.00960. The number of carbonyl (C=O) groups excluding carboxylic acids is 1. The molecule has 0 spiro atoms. The maximum atomic E-state index is 13.5. The van der Waals surface area contributed by atoms with Gasteiger partial charge in [-0.3, -0.25) is 4.79 Å². The highest BCUT2D eigenvalue weighted by Gasteiger charge is 2.17. The minimum absolute atomic E-state index is 0.256. The number of aliphatic hydroxyl groups excluding tert-OH is 1. The summed E-state index contributed by atoms with van der Waals surface area (Å²) in [6, 6.07) is 3.63. The lowest BCUT2D eigenvalue weighted by atomic mass is 10.2. The number of carboxylic acid groups (broad SMARTS) is 1. The zero-order chi connectivity index (χ0) is 13.7. The Morgan fingerprint density at radius 2 is 2.17 bits per heavy atom. The molecule has 18 heavy (non-hydrogen) atoms. The topological polar surface area (TPSA) is 95.9 Å². The number of aliphatic carboxylic acids is 1. The Bertz CT molecular complexity index is 463. The van der Waals surface area contributed by atoms with Gasteiger partial charge in [0.1, 0.15) is 11.6 Å². The Balaban J connectivity index is 2.70. The van der Waals surface area contributed by atoms with Crippen molar-refractivity contribution in [3.05, 3.63) is 29.6 Å². The van der Waals surface area contributed by atoms with Gasteiger partial charge in [0.05, 0.1) is 19.2 Å². The van der Waals surface area contributed by atoms with Crippen LogP contribution >= 0.6 is 0 Å². The van der Waals surface area contributed by atoms with E-state index in [1.54, 1.807) is 0 Å². The Kier molecular flexibility index (Phi) is 4.61. The largest absolute Gasteiger partial charge is 0.497 e. The summed E-state index contributed by atoms with van der Waals surface area (Å²) in [5, 5.41) is 19.4. The lowest BCUT2D eigenvalue weighted by molar-refractivity contribution is -0.146. The number of methoxy groups -OCH3 is 1. The third-order valence-electron chi connectivity index (χ3n) is 2.16. The third-order valence-corrected chi connectivity index (χ3v) is 2.16. The van der Waals surface area contributed by atoms with Crippen LogP contribution in [0.3, 0.4) is 0 Å². The highest BCUT2D eigenvalue weighted by molar-refractivity contribution is 5.94. The molecule has 0 aliphatic heterocycles. The number of rotatable bonds is 5. The summed E-state index contributed by atoms with van der Waals surface area (Å²) < 4.78 is 18.2. The van der Waals surface area contributed by atoms with Crippen molar-refractivity contribution >= 4 is 11.9 Å². The molecule has 0 fully saturated rings. The number of carbonyl (C=O) groups is 2. The van der Waals surface area contributed by atoms with Crippen molar-refractivity contribution < 1.29 is 28.9 Å². The van der Waals surface area contributed by atoms with Gasteiger partial charge in [0.25, 0.3) is 5.91 Å². The maximum absolute atomic E-state index is 13.5. The van der Waals surface area contributed by atoms with Gasteiger partial charge >= 0.3 is 5.97 Å². The zero-order valence-electron chi connectivity index (χ0n) is 9.51. The summed E-state index contributed by atoms with van der Waals surface area (Å²) in [7, 11) is 1.36. The lowest BCUT2D eigenvalue weighted by Gasteiger charge is -2.09. The fourth-order valence-electron chi connectivity index (χ4n) is 1.18. The van der Waals surface area contributed by atoms with E-state index in [9.17, 15) is 14.0 Å². The first-order valence-corrected chi connectivity index (χ1v) is 4.98. The SMILES string of the molecule is COc1ccc(C(=O)NCC(O)C(=O)O)c(F)c1. The Hall–Kier alpha value is -2.15. The van der Waals surface area contributed by atoms with Gasteiger partial charge in [-0.05, 0) is 12.1 Å². The van der Waals surface area contributed by atoms with E-state index >= 15 is 0 Å². The monoisotopic (exact) mass is 257 g/mol. The van der Waals surface area contributed by atoms with Gasteiger partial charge in [-0.25, -0.2) is 9.18 Å². The molecule has 7 heteroatoms. The van der Waals surface area contributed by atoms with Gasteiger partial charge in [0.2, 0.25) is 0 Å². The second kappa shape index (κ2) is 5.97. The minimum atomic E-state index is -1.73. The fourth-order valence-corrected chi connectivity index (χ4v) is 1.18. The van der Waals surface area contributed by atoms with E-state index in [1.807, 2.05) is 0 Å². The average molecular weight is 257 g/mol. The molecule has 1 atom stereocenters. The van der Waals surface area contributed by atoms with Crippen LogP contribution in [-0.2, 0) is 4.79 Å². The molecule has 0 radical (unpaired) electrons. The number of hydrogen-bond acceptors (Lipinski definition) is 4. The van der Waals surface area contributed by atoms with Gasteiger partial charge in [-0.2, -0.15) is 0 Å². The fraction of sp³-hybridized carbons (Fsp3) is 0.273. The van der Waals surface area contributed by atoms with Crippen molar-refractivity contribution in [3.63, 3.8) is 0 Å². The number of aliphatic hydroxyl groups is 1. The van der Waals surface area contributed by atoms with Crippen LogP contribution in [0.1, 0.15) is 10.4 Å². The second-order valence-corrected chi connectivity index (χ2v) is 3.41. The van der Waals surface area contributed by atoms with Crippen LogP contribution in [0.5, 0.6) is 5.75 Å². The number of halogens is 1. The van der Waals surface area contributed by atoms with Crippen LogP contribution in [0.15, 0.2) is 18.2 Å². The molecule has 0 bridgehead atoms. The van der Waals surface area contributed by atoms with E-state index in [4.69, 9.17) is 14.9 Å². The van der Waals surface area contributed by atoms with Crippen LogP contribution in [0.4, 0.5) is 4.39 Å². The molecule has 0 aliphatic rings. The molecule has 6 nitrogen and oxygen atoms in total. The van der Waals surface area contributed by atoms with Crippen molar-refractivity contribution in [2.45, 2.75) is 6.10 Å². The van der Waals surface area contributed by atoms with Crippen molar-refractivity contribution in [1.82, 2.24) is 5.32 Å². The molecule has 0 heterocycles. The van der Waals surface area contributed by atoms with Gasteiger partial charge in [0, 0.05) is 6.07 Å². The molecule has 0 aromatic heterocycles. The van der Waals surface area contributed by atoms with Crippen molar-refractivity contribution in [3.8, 4) is 5.75 Å². The number of nitrogens with one attached hydrogen (secondary N) is 1. The smallest absolute Gasteiger partial charge is 0.334 e. The normalized spacial score (nSPS) is 11.7. The standard InChI is InChI=1S/C11H12FNO5/c1-18-6-2-3-7(8(12)4-6)10(15)13-5-9(14)11(16)17/h2-4,9,14H,5H2,1H3,(H,13,15)(H,16,17). The van der Waals surface area contributed by atoms with Crippen LogP contribution in [0, 0.1) is 5.82 Å². The average Bonchev–Trinajstić information content (AvgIpc) is 2.34. The first-order valence-electron chi connectivity index (χ1n) is 4.98. The van der Waals surface area contributed by atoms with Crippen LogP contribution in [0.25, 0.3) is 0 Å². The van der Waals surface area contributed by atoms with Crippen molar-refractivity contribution in [2.24, 2.45) is 0 Å². The number of ether oxygens (including phenoxy) is 1. The van der Waals surface area contributed by atoms with Crippen LogP contribution in [-0.4, -0.2) is 41.8 Å². The second-order valence-electron chi connectivity index (χ2n) is 3.41. The number of carboxylic acids is 1. The quantitative estimate of drug-likeness (QED) is 0.690. The Morgan fingerprint density at radius 1 is 1.50 bits per heavy atom. The maximum Gasteiger partial charge on any atom is 0.334 e. The van der Waals surface area contributed by atoms with Crippen molar-refractivity contribution in [2.75, 3.05) is 13.7 Å². The summed E-state index contributed by atoms with van der Waals surface area (Å²) in [6.07, 6.45) is -1.73. The Labute approximate surface area is 102 Å². The molecule has 0 saturated heterocycles. The number of amides is 1. The molecular formula is C11H12FNO5.